The lowest BCUT2D eigenvalue weighted by atomic mass is 10.3. The fourth-order valence-corrected chi connectivity index (χ4v) is 3.86. The number of fused-ring (bicyclic) bond motifs is 1. The molecular formula is C15H20N4O2S2. The van der Waals surface area contributed by atoms with Crippen LogP contribution >= 0.6 is 23.1 Å². The molecule has 0 aliphatic rings. The highest BCUT2D eigenvalue weighted by atomic mass is 32.2. The highest BCUT2D eigenvalue weighted by Gasteiger charge is 2.17. The van der Waals surface area contributed by atoms with E-state index in [0.717, 1.165) is 21.7 Å². The maximum absolute atomic E-state index is 12.1. The van der Waals surface area contributed by atoms with Gasteiger partial charge in [-0.05, 0) is 19.4 Å². The van der Waals surface area contributed by atoms with Crippen LogP contribution in [0.1, 0.15) is 25.6 Å². The van der Waals surface area contributed by atoms with Gasteiger partial charge < -0.3 is 10.6 Å². The summed E-state index contributed by atoms with van der Waals surface area (Å²) in [6.45, 7) is 6.25. The van der Waals surface area contributed by atoms with Crippen LogP contribution < -0.4 is 10.6 Å². The zero-order valence-electron chi connectivity index (χ0n) is 13.4. The van der Waals surface area contributed by atoms with Gasteiger partial charge in [0.15, 0.2) is 0 Å². The first-order valence-corrected chi connectivity index (χ1v) is 9.13. The molecule has 1 unspecified atom stereocenters. The average Bonchev–Trinajstić information content (AvgIpc) is 2.95. The fourth-order valence-electron chi connectivity index (χ4n) is 1.94. The molecule has 0 saturated heterocycles. The number of aryl methyl sites for hydroxylation is 1. The molecule has 0 radical (unpaired) electrons. The molecule has 0 aromatic carbocycles. The van der Waals surface area contributed by atoms with E-state index in [4.69, 9.17) is 0 Å². The second-order valence-corrected chi connectivity index (χ2v) is 7.44. The number of thioether (sulfide) groups is 1. The van der Waals surface area contributed by atoms with Crippen LogP contribution in [0.15, 0.2) is 17.4 Å². The third-order valence-corrected chi connectivity index (χ3v) is 5.45. The quantitative estimate of drug-likeness (QED) is 0.452. The predicted octanol–water partition coefficient (Wildman–Crippen LogP) is 1.99. The molecular weight excluding hydrogens is 332 g/mol. The van der Waals surface area contributed by atoms with Gasteiger partial charge in [-0.3, -0.25) is 9.59 Å². The summed E-state index contributed by atoms with van der Waals surface area (Å²) in [5.74, 6) is -0.174. The first-order valence-electron chi connectivity index (χ1n) is 7.43. The minimum Gasteiger partial charge on any atom is -0.355 e. The summed E-state index contributed by atoms with van der Waals surface area (Å²) in [4.78, 5) is 33.7. The van der Waals surface area contributed by atoms with Crippen LogP contribution in [-0.4, -0.2) is 40.1 Å². The molecule has 0 spiro atoms. The number of thiophene rings is 1. The third-order valence-electron chi connectivity index (χ3n) is 3.15. The highest BCUT2D eigenvalue weighted by Crippen LogP contribution is 2.32. The Bertz CT molecular complexity index is 702. The summed E-state index contributed by atoms with van der Waals surface area (Å²) < 4.78 is 0. The Morgan fingerprint density at radius 3 is 2.74 bits per heavy atom. The number of hydrogen-bond donors (Lipinski definition) is 2. The Hall–Kier alpha value is -1.67. The Morgan fingerprint density at radius 1 is 1.30 bits per heavy atom. The van der Waals surface area contributed by atoms with Crippen LogP contribution in [-0.2, 0) is 16.0 Å². The van der Waals surface area contributed by atoms with Crippen molar-refractivity contribution in [3.63, 3.8) is 0 Å². The predicted molar refractivity (Wildman–Crippen MR) is 93.8 cm³/mol. The summed E-state index contributed by atoms with van der Waals surface area (Å²) in [7, 11) is 0. The van der Waals surface area contributed by atoms with Crippen molar-refractivity contribution in [3.05, 3.63) is 17.3 Å². The molecule has 0 bridgehead atoms. The van der Waals surface area contributed by atoms with Gasteiger partial charge in [0.05, 0.1) is 5.25 Å². The zero-order valence-corrected chi connectivity index (χ0v) is 15.0. The van der Waals surface area contributed by atoms with E-state index in [1.165, 1.54) is 23.6 Å². The van der Waals surface area contributed by atoms with Crippen molar-refractivity contribution in [2.24, 2.45) is 0 Å². The summed E-state index contributed by atoms with van der Waals surface area (Å²) in [6.07, 6.45) is 2.51. The Balaban J connectivity index is 1.96. The van der Waals surface area contributed by atoms with Crippen molar-refractivity contribution in [1.82, 2.24) is 20.6 Å². The fraction of sp³-hybridized carbons (Fsp3) is 0.467. The maximum Gasteiger partial charge on any atom is 0.233 e. The molecule has 2 aromatic heterocycles. The molecule has 1 atom stereocenters. The van der Waals surface area contributed by atoms with Crippen molar-refractivity contribution in [1.29, 1.82) is 0 Å². The third kappa shape index (κ3) is 4.90. The Morgan fingerprint density at radius 2 is 2.04 bits per heavy atom. The second kappa shape index (κ2) is 8.26. The molecule has 6 nitrogen and oxygen atoms in total. The van der Waals surface area contributed by atoms with Crippen LogP contribution in [0.25, 0.3) is 10.2 Å². The van der Waals surface area contributed by atoms with Crippen molar-refractivity contribution in [3.8, 4) is 0 Å². The number of hydrogen-bond acceptors (Lipinski definition) is 6. The van der Waals surface area contributed by atoms with E-state index in [2.05, 4.69) is 33.6 Å². The van der Waals surface area contributed by atoms with Gasteiger partial charge in [0, 0.05) is 30.3 Å². The first kappa shape index (κ1) is 17.7. The molecule has 0 aliphatic carbocycles. The van der Waals surface area contributed by atoms with E-state index in [1.807, 2.05) is 6.92 Å². The molecule has 2 rings (SSSR count). The Kier molecular flexibility index (Phi) is 6.35. The number of nitrogens with one attached hydrogen (secondary N) is 2. The molecule has 2 amide bonds. The average molecular weight is 352 g/mol. The van der Waals surface area contributed by atoms with Crippen LogP contribution in [0.4, 0.5) is 0 Å². The lowest BCUT2D eigenvalue weighted by Crippen LogP contribution is -2.37. The van der Waals surface area contributed by atoms with Gasteiger partial charge in [-0.2, -0.15) is 0 Å². The highest BCUT2D eigenvalue weighted by molar-refractivity contribution is 8.00. The van der Waals surface area contributed by atoms with E-state index >= 15 is 0 Å². The van der Waals surface area contributed by atoms with E-state index in [9.17, 15) is 9.59 Å². The van der Waals surface area contributed by atoms with Gasteiger partial charge in [-0.25, -0.2) is 9.97 Å². The molecule has 0 aliphatic heterocycles. The largest absolute Gasteiger partial charge is 0.355 e. The Labute approximate surface area is 143 Å². The normalized spacial score (nSPS) is 12.1. The van der Waals surface area contributed by atoms with Gasteiger partial charge in [-0.1, -0.05) is 18.7 Å². The SMILES string of the molecule is CCc1cc2c(SC(C)C(=O)NCCNC(C)=O)ncnc2s1. The van der Waals surface area contributed by atoms with Crippen LogP contribution in [0.2, 0.25) is 0 Å². The van der Waals surface area contributed by atoms with E-state index in [1.54, 1.807) is 17.7 Å². The van der Waals surface area contributed by atoms with Crippen molar-refractivity contribution < 1.29 is 9.59 Å². The van der Waals surface area contributed by atoms with Crippen LogP contribution in [0.3, 0.4) is 0 Å². The van der Waals surface area contributed by atoms with Crippen molar-refractivity contribution in [2.45, 2.75) is 37.5 Å². The molecule has 2 aromatic rings. The molecule has 23 heavy (non-hydrogen) atoms. The number of carbonyl (C=O) groups excluding carboxylic acids is 2. The lowest BCUT2D eigenvalue weighted by Gasteiger charge is -2.12. The van der Waals surface area contributed by atoms with Crippen molar-refractivity contribution >= 4 is 45.1 Å². The van der Waals surface area contributed by atoms with Gasteiger partial charge in [0.2, 0.25) is 11.8 Å². The zero-order chi connectivity index (χ0) is 16.8. The number of aromatic nitrogens is 2. The minimum absolute atomic E-state index is 0.0712. The van der Waals surface area contributed by atoms with E-state index in [0.29, 0.717) is 13.1 Å². The van der Waals surface area contributed by atoms with Crippen molar-refractivity contribution in [2.75, 3.05) is 13.1 Å². The number of amides is 2. The first-order chi connectivity index (χ1) is 11.0. The molecule has 124 valence electrons. The van der Waals surface area contributed by atoms with E-state index in [-0.39, 0.29) is 17.1 Å². The standard InChI is InChI=1S/C15H20N4O2S2/c1-4-11-7-12-14(18-8-19-15(12)23-11)22-9(2)13(21)17-6-5-16-10(3)20/h7-9H,4-6H2,1-3H3,(H,16,20)(H,17,21). The van der Waals surface area contributed by atoms with Gasteiger partial charge in [0.25, 0.3) is 0 Å². The monoisotopic (exact) mass is 352 g/mol. The summed E-state index contributed by atoms with van der Waals surface area (Å²) in [5.41, 5.74) is 0. The number of rotatable bonds is 7. The molecule has 8 heteroatoms. The number of carbonyl (C=O) groups is 2. The maximum atomic E-state index is 12.1. The molecule has 2 N–H and O–H groups in total. The van der Waals surface area contributed by atoms with Gasteiger partial charge in [-0.15, -0.1) is 11.3 Å². The topological polar surface area (TPSA) is 84.0 Å². The molecule has 0 saturated carbocycles. The summed E-state index contributed by atoms with van der Waals surface area (Å²) in [5, 5.41) is 7.02. The van der Waals surface area contributed by atoms with Crippen LogP contribution in [0.5, 0.6) is 0 Å². The van der Waals surface area contributed by atoms with Crippen LogP contribution in [0, 0.1) is 0 Å². The second-order valence-electron chi connectivity index (χ2n) is 5.00. The summed E-state index contributed by atoms with van der Waals surface area (Å²) >= 11 is 3.09. The van der Waals surface area contributed by atoms with Gasteiger partial charge >= 0.3 is 0 Å². The smallest absolute Gasteiger partial charge is 0.233 e. The lowest BCUT2D eigenvalue weighted by molar-refractivity contribution is -0.121. The minimum atomic E-state index is -0.268. The van der Waals surface area contributed by atoms with Gasteiger partial charge in [0.1, 0.15) is 16.2 Å². The molecule has 0 fully saturated rings. The summed E-state index contributed by atoms with van der Waals surface area (Å²) in [6, 6.07) is 2.10. The molecule has 2 heterocycles. The number of nitrogens with zero attached hydrogens (tertiary/aromatic N) is 2. The van der Waals surface area contributed by atoms with E-state index < -0.39 is 0 Å².